The topological polar surface area (TPSA) is 29.5 Å². The van der Waals surface area contributed by atoms with Gasteiger partial charge in [-0.3, -0.25) is 4.79 Å². The minimum atomic E-state index is -2.91. The molecule has 1 amide bonds. The van der Waals surface area contributed by atoms with Gasteiger partial charge in [0.15, 0.2) is 0 Å². The number of amides is 1. The molecule has 0 radical (unpaired) electrons. The van der Waals surface area contributed by atoms with Gasteiger partial charge in [-0.15, -0.1) is 22.7 Å². The van der Waals surface area contributed by atoms with Crippen LogP contribution in [0.5, 0.6) is 5.75 Å². The first-order valence-electron chi connectivity index (χ1n) is 8.09. The monoisotopic (exact) mass is 391 g/mol. The molecule has 0 bridgehead atoms. The summed E-state index contributed by atoms with van der Waals surface area (Å²) >= 11 is 3.32. The molecular formula is C19H15F2NO2S2. The minimum Gasteiger partial charge on any atom is -0.435 e. The van der Waals surface area contributed by atoms with Gasteiger partial charge in [-0.05, 0) is 53.1 Å². The summed E-state index contributed by atoms with van der Waals surface area (Å²) in [6.07, 6.45) is 0.799. The number of benzene rings is 1. The summed E-state index contributed by atoms with van der Waals surface area (Å²) in [4.78, 5) is 17.4. The first-order valence-corrected chi connectivity index (χ1v) is 9.85. The summed E-state index contributed by atoms with van der Waals surface area (Å²) in [7, 11) is 0. The van der Waals surface area contributed by atoms with Crippen molar-refractivity contribution in [3.63, 3.8) is 0 Å². The average Bonchev–Trinajstić information content (AvgIpc) is 3.31. The van der Waals surface area contributed by atoms with E-state index in [0.29, 0.717) is 12.1 Å². The summed E-state index contributed by atoms with van der Waals surface area (Å²) in [6.45, 7) is -2.32. The Morgan fingerprint density at radius 2 is 2.04 bits per heavy atom. The molecule has 0 spiro atoms. The molecule has 0 unspecified atom stereocenters. The molecule has 1 aromatic carbocycles. The number of thiophene rings is 2. The molecule has 0 fully saturated rings. The van der Waals surface area contributed by atoms with Gasteiger partial charge in [0.1, 0.15) is 5.75 Å². The van der Waals surface area contributed by atoms with Crippen molar-refractivity contribution in [2.45, 2.75) is 19.1 Å². The van der Waals surface area contributed by atoms with Crippen LogP contribution in [0.1, 0.15) is 31.7 Å². The van der Waals surface area contributed by atoms with Crippen molar-refractivity contribution in [2.75, 3.05) is 6.54 Å². The highest BCUT2D eigenvalue weighted by molar-refractivity contribution is 7.10. The Bertz CT molecular complexity index is 908. The van der Waals surface area contributed by atoms with Crippen LogP contribution in [0.25, 0.3) is 0 Å². The van der Waals surface area contributed by atoms with E-state index in [2.05, 4.69) is 16.2 Å². The third kappa shape index (κ3) is 3.24. The predicted molar refractivity (Wildman–Crippen MR) is 98.3 cm³/mol. The van der Waals surface area contributed by atoms with E-state index in [9.17, 15) is 13.6 Å². The Morgan fingerprint density at radius 3 is 2.81 bits per heavy atom. The number of ether oxygens (including phenoxy) is 1. The van der Waals surface area contributed by atoms with Gasteiger partial charge < -0.3 is 9.64 Å². The molecule has 1 aliphatic heterocycles. The summed E-state index contributed by atoms with van der Waals surface area (Å²) in [5, 5.41) is 4.05. The first-order chi connectivity index (χ1) is 12.6. The van der Waals surface area contributed by atoms with Crippen LogP contribution in [0.2, 0.25) is 0 Å². The largest absolute Gasteiger partial charge is 0.435 e. The molecule has 2 aromatic heterocycles. The third-order valence-electron chi connectivity index (χ3n) is 4.35. The molecule has 4 rings (SSSR count). The third-order valence-corrected chi connectivity index (χ3v) is 6.27. The number of hydrogen-bond donors (Lipinski definition) is 0. The number of rotatable bonds is 4. The van der Waals surface area contributed by atoms with E-state index in [1.54, 1.807) is 34.8 Å². The number of carbonyl (C=O) groups is 1. The molecular weight excluding hydrogens is 376 g/mol. The van der Waals surface area contributed by atoms with Crippen LogP contribution < -0.4 is 4.74 Å². The zero-order valence-electron chi connectivity index (χ0n) is 13.6. The van der Waals surface area contributed by atoms with E-state index >= 15 is 0 Å². The summed E-state index contributed by atoms with van der Waals surface area (Å²) in [6, 6.07) is 11.9. The zero-order valence-corrected chi connectivity index (χ0v) is 15.2. The van der Waals surface area contributed by atoms with Crippen molar-refractivity contribution in [2.24, 2.45) is 0 Å². The maximum absolute atomic E-state index is 13.2. The minimum absolute atomic E-state index is 0.00763. The van der Waals surface area contributed by atoms with Gasteiger partial charge in [-0.2, -0.15) is 8.78 Å². The highest BCUT2D eigenvalue weighted by Crippen LogP contribution is 2.40. The molecule has 3 aromatic rings. The van der Waals surface area contributed by atoms with Crippen LogP contribution in [0.3, 0.4) is 0 Å². The molecule has 26 heavy (non-hydrogen) atoms. The van der Waals surface area contributed by atoms with E-state index in [1.165, 1.54) is 17.0 Å². The van der Waals surface area contributed by atoms with E-state index in [1.807, 2.05) is 22.4 Å². The lowest BCUT2D eigenvalue weighted by molar-refractivity contribution is -0.0499. The van der Waals surface area contributed by atoms with Gasteiger partial charge in [0.25, 0.3) is 5.91 Å². The standard InChI is InChI=1S/C19H15F2NO2S2/c20-19(21)24-13-4-1-3-12(11-13)18(23)22-8-6-15-14(7-10-26-15)17(22)16-5-2-9-25-16/h1-5,7,9-11,17,19H,6,8H2/t17-/m1/s1. The van der Waals surface area contributed by atoms with Crippen molar-refractivity contribution >= 4 is 28.6 Å². The second-order valence-corrected chi connectivity index (χ2v) is 7.85. The highest BCUT2D eigenvalue weighted by Gasteiger charge is 2.34. The molecule has 3 heterocycles. The summed E-state index contributed by atoms with van der Waals surface area (Å²) in [5.41, 5.74) is 1.50. The second kappa shape index (κ2) is 7.17. The van der Waals surface area contributed by atoms with E-state index in [-0.39, 0.29) is 17.7 Å². The van der Waals surface area contributed by atoms with Gasteiger partial charge >= 0.3 is 6.61 Å². The Hall–Kier alpha value is -2.25. The normalized spacial score (nSPS) is 16.6. The molecule has 0 N–H and O–H groups in total. The molecule has 0 saturated heterocycles. The van der Waals surface area contributed by atoms with Crippen molar-refractivity contribution in [1.82, 2.24) is 4.90 Å². The maximum Gasteiger partial charge on any atom is 0.387 e. The van der Waals surface area contributed by atoms with Crippen molar-refractivity contribution in [1.29, 1.82) is 0 Å². The Morgan fingerprint density at radius 1 is 1.15 bits per heavy atom. The van der Waals surface area contributed by atoms with Crippen LogP contribution >= 0.6 is 22.7 Å². The maximum atomic E-state index is 13.2. The van der Waals surface area contributed by atoms with Gasteiger partial charge in [0, 0.05) is 21.9 Å². The Balaban J connectivity index is 1.69. The van der Waals surface area contributed by atoms with Gasteiger partial charge in [-0.1, -0.05) is 12.1 Å². The van der Waals surface area contributed by atoms with Crippen molar-refractivity contribution in [3.8, 4) is 5.75 Å². The average molecular weight is 391 g/mol. The fraction of sp³-hybridized carbons (Fsp3) is 0.211. The zero-order chi connectivity index (χ0) is 18.1. The van der Waals surface area contributed by atoms with Crippen LogP contribution in [-0.2, 0) is 6.42 Å². The van der Waals surface area contributed by atoms with Gasteiger partial charge in [0.05, 0.1) is 6.04 Å². The van der Waals surface area contributed by atoms with Gasteiger partial charge in [0.2, 0.25) is 0 Å². The predicted octanol–water partition coefficient (Wildman–Crippen LogP) is 5.20. The molecule has 134 valence electrons. The quantitative estimate of drug-likeness (QED) is 0.612. The lowest BCUT2D eigenvalue weighted by atomic mass is 9.97. The molecule has 3 nitrogen and oxygen atoms in total. The molecule has 0 aliphatic carbocycles. The van der Waals surface area contributed by atoms with Crippen molar-refractivity contribution in [3.05, 3.63) is 74.1 Å². The molecule has 1 atom stereocenters. The number of nitrogens with zero attached hydrogens (tertiary/aromatic N) is 1. The summed E-state index contributed by atoms with van der Waals surface area (Å²) in [5.74, 6) is -0.188. The van der Waals surface area contributed by atoms with Crippen molar-refractivity contribution < 1.29 is 18.3 Å². The molecule has 0 saturated carbocycles. The van der Waals surface area contributed by atoms with Crippen LogP contribution in [0, 0.1) is 0 Å². The fourth-order valence-electron chi connectivity index (χ4n) is 3.26. The van der Waals surface area contributed by atoms with Gasteiger partial charge in [-0.25, -0.2) is 0 Å². The van der Waals surface area contributed by atoms with E-state index < -0.39 is 6.61 Å². The second-order valence-electron chi connectivity index (χ2n) is 5.87. The summed E-state index contributed by atoms with van der Waals surface area (Å²) < 4.78 is 29.4. The smallest absolute Gasteiger partial charge is 0.387 e. The Labute approximate surface area is 157 Å². The number of carbonyl (C=O) groups excluding carboxylic acids is 1. The first kappa shape index (κ1) is 17.2. The number of halogens is 2. The number of alkyl halides is 2. The van der Waals surface area contributed by atoms with E-state index in [4.69, 9.17) is 0 Å². The number of hydrogen-bond acceptors (Lipinski definition) is 4. The van der Waals surface area contributed by atoms with Crippen LogP contribution in [-0.4, -0.2) is 24.0 Å². The van der Waals surface area contributed by atoms with Crippen LogP contribution in [0.15, 0.2) is 53.2 Å². The fourth-order valence-corrected chi connectivity index (χ4v) is 5.02. The lowest BCUT2D eigenvalue weighted by Gasteiger charge is -2.35. The van der Waals surface area contributed by atoms with E-state index in [0.717, 1.165) is 16.9 Å². The highest BCUT2D eigenvalue weighted by atomic mass is 32.1. The molecule has 1 aliphatic rings. The SMILES string of the molecule is O=C(c1cccc(OC(F)F)c1)N1CCc2sccc2[C@@H]1c1cccs1. The Kier molecular flexibility index (Phi) is 4.74. The van der Waals surface area contributed by atoms with Crippen LogP contribution in [0.4, 0.5) is 8.78 Å². The number of fused-ring (bicyclic) bond motifs is 1. The molecule has 7 heteroatoms. The lowest BCUT2D eigenvalue weighted by Crippen LogP contribution is -2.39.